The van der Waals surface area contributed by atoms with Gasteiger partial charge in [0.1, 0.15) is 6.07 Å². The van der Waals surface area contributed by atoms with Crippen LogP contribution in [0.25, 0.3) is 6.08 Å². The Morgan fingerprint density at radius 2 is 2.11 bits per heavy atom. The number of carbonyl (C=O) groups is 1. The molecule has 0 fully saturated rings. The molecule has 1 N–H and O–H groups in total. The van der Waals surface area contributed by atoms with Gasteiger partial charge in [-0.2, -0.15) is 5.26 Å². The molecule has 2 rings (SSSR count). The molecule has 0 atom stereocenters. The summed E-state index contributed by atoms with van der Waals surface area (Å²) in [4.78, 5) is 12.7. The standard InChI is InChI=1S/C14H10N2OS/c15-10-11-4-1-2-6-13(11)16-14(17)8-7-12-5-3-9-18-12/h1-9H,(H,16,17)/b8-7+. The van der Waals surface area contributed by atoms with E-state index in [4.69, 9.17) is 5.26 Å². The van der Waals surface area contributed by atoms with Crippen LogP contribution in [0.15, 0.2) is 47.9 Å². The summed E-state index contributed by atoms with van der Waals surface area (Å²) < 4.78 is 0. The van der Waals surface area contributed by atoms with Crippen molar-refractivity contribution in [3.8, 4) is 6.07 Å². The fourth-order valence-electron chi connectivity index (χ4n) is 1.41. The molecule has 3 nitrogen and oxygen atoms in total. The van der Waals surface area contributed by atoms with Crippen molar-refractivity contribution in [2.24, 2.45) is 0 Å². The van der Waals surface area contributed by atoms with Crippen molar-refractivity contribution in [2.75, 3.05) is 5.32 Å². The average Bonchev–Trinajstić information content (AvgIpc) is 2.90. The van der Waals surface area contributed by atoms with E-state index in [-0.39, 0.29) is 5.91 Å². The van der Waals surface area contributed by atoms with Gasteiger partial charge in [-0.15, -0.1) is 11.3 Å². The largest absolute Gasteiger partial charge is 0.321 e. The number of amides is 1. The molecule has 0 saturated heterocycles. The molecule has 0 radical (unpaired) electrons. The lowest BCUT2D eigenvalue weighted by Crippen LogP contribution is -2.08. The van der Waals surface area contributed by atoms with E-state index < -0.39 is 0 Å². The molecule has 18 heavy (non-hydrogen) atoms. The summed E-state index contributed by atoms with van der Waals surface area (Å²) in [6.07, 6.45) is 3.20. The molecular formula is C14H10N2OS. The van der Waals surface area contributed by atoms with Crippen LogP contribution < -0.4 is 5.32 Å². The first-order valence-electron chi connectivity index (χ1n) is 5.31. The zero-order valence-electron chi connectivity index (χ0n) is 9.46. The number of thiophene rings is 1. The zero-order valence-corrected chi connectivity index (χ0v) is 10.3. The fraction of sp³-hybridized carbons (Fsp3) is 0. The van der Waals surface area contributed by atoms with E-state index in [0.29, 0.717) is 11.3 Å². The summed E-state index contributed by atoms with van der Waals surface area (Å²) >= 11 is 1.56. The van der Waals surface area contributed by atoms with Gasteiger partial charge < -0.3 is 5.32 Å². The van der Waals surface area contributed by atoms with Crippen LogP contribution in [0.5, 0.6) is 0 Å². The van der Waals surface area contributed by atoms with Crippen molar-refractivity contribution in [2.45, 2.75) is 0 Å². The van der Waals surface area contributed by atoms with Gasteiger partial charge in [0, 0.05) is 11.0 Å². The molecule has 0 aliphatic heterocycles. The molecule has 1 heterocycles. The van der Waals surface area contributed by atoms with Crippen LogP contribution >= 0.6 is 11.3 Å². The number of anilines is 1. The van der Waals surface area contributed by atoms with Gasteiger partial charge >= 0.3 is 0 Å². The number of benzene rings is 1. The molecule has 1 aromatic heterocycles. The molecule has 1 aromatic carbocycles. The molecule has 4 heteroatoms. The minimum atomic E-state index is -0.244. The molecule has 0 aliphatic carbocycles. The van der Waals surface area contributed by atoms with E-state index >= 15 is 0 Å². The topological polar surface area (TPSA) is 52.9 Å². The number of hydrogen-bond acceptors (Lipinski definition) is 3. The first kappa shape index (κ1) is 12.1. The third kappa shape index (κ3) is 3.06. The van der Waals surface area contributed by atoms with Gasteiger partial charge in [-0.25, -0.2) is 0 Å². The Bertz CT molecular complexity index is 609. The van der Waals surface area contributed by atoms with Gasteiger partial charge in [-0.1, -0.05) is 18.2 Å². The van der Waals surface area contributed by atoms with Crippen molar-refractivity contribution in [3.05, 3.63) is 58.3 Å². The Labute approximate surface area is 109 Å². The second kappa shape index (κ2) is 5.80. The number of nitriles is 1. The molecule has 0 spiro atoms. The highest BCUT2D eigenvalue weighted by Gasteiger charge is 2.02. The van der Waals surface area contributed by atoms with Gasteiger partial charge in [-0.05, 0) is 29.7 Å². The third-order valence-electron chi connectivity index (χ3n) is 2.25. The van der Waals surface area contributed by atoms with Gasteiger partial charge in [-0.3, -0.25) is 4.79 Å². The number of rotatable bonds is 3. The van der Waals surface area contributed by atoms with Crippen LogP contribution in [-0.2, 0) is 4.79 Å². The second-order valence-electron chi connectivity index (χ2n) is 3.50. The van der Waals surface area contributed by atoms with Crippen LogP contribution in [0, 0.1) is 11.3 Å². The van der Waals surface area contributed by atoms with E-state index in [9.17, 15) is 4.79 Å². The second-order valence-corrected chi connectivity index (χ2v) is 4.47. The average molecular weight is 254 g/mol. The minimum absolute atomic E-state index is 0.244. The van der Waals surface area contributed by atoms with E-state index in [2.05, 4.69) is 5.32 Å². The van der Waals surface area contributed by atoms with E-state index in [1.807, 2.05) is 23.6 Å². The Morgan fingerprint density at radius 3 is 2.83 bits per heavy atom. The molecule has 0 bridgehead atoms. The highest BCUT2D eigenvalue weighted by atomic mass is 32.1. The number of carbonyl (C=O) groups excluding carboxylic acids is 1. The molecule has 0 saturated carbocycles. The Morgan fingerprint density at radius 1 is 1.28 bits per heavy atom. The van der Waals surface area contributed by atoms with Gasteiger partial charge in [0.05, 0.1) is 11.3 Å². The molecule has 0 unspecified atom stereocenters. The maximum absolute atomic E-state index is 11.7. The van der Waals surface area contributed by atoms with Crippen LogP contribution in [0.2, 0.25) is 0 Å². The normalized spacial score (nSPS) is 10.2. The minimum Gasteiger partial charge on any atom is -0.321 e. The highest BCUT2D eigenvalue weighted by molar-refractivity contribution is 7.10. The lowest BCUT2D eigenvalue weighted by molar-refractivity contribution is -0.111. The molecule has 88 valence electrons. The van der Waals surface area contributed by atoms with Crippen molar-refractivity contribution in [1.82, 2.24) is 0 Å². The van der Waals surface area contributed by atoms with Gasteiger partial charge in [0.2, 0.25) is 5.91 Å². The summed E-state index contributed by atoms with van der Waals surface area (Å²) in [5.74, 6) is -0.244. The lowest BCUT2D eigenvalue weighted by atomic mass is 10.2. The molecule has 2 aromatic rings. The summed E-state index contributed by atoms with van der Waals surface area (Å²) in [7, 11) is 0. The molecule has 1 amide bonds. The van der Waals surface area contributed by atoms with Crippen LogP contribution in [0.3, 0.4) is 0 Å². The van der Waals surface area contributed by atoms with Crippen molar-refractivity contribution in [1.29, 1.82) is 5.26 Å². The number of hydrogen-bond donors (Lipinski definition) is 1. The zero-order chi connectivity index (χ0) is 12.8. The predicted octanol–water partition coefficient (Wildman–Crippen LogP) is 3.27. The predicted molar refractivity (Wildman–Crippen MR) is 73.1 cm³/mol. The summed E-state index contributed by atoms with van der Waals surface area (Å²) in [6, 6.07) is 12.8. The maximum atomic E-state index is 11.7. The van der Waals surface area contributed by atoms with Gasteiger partial charge in [0.25, 0.3) is 0 Å². The smallest absolute Gasteiger partial charge is 0.248 e. The van der Waals surface area contributed by atoms with E-state index in [1.165, 1.54) is 6.08 Å². The highest BCUT2D eigenvalue weighted by Crippen LogP contribution is 2.14. The van der Waals surface area contributed by atoms with E-state index in [1.54, 1.807) is 41.7 Å². The summed E-state index contributed by atoms with van der Waals surface area (Å²) in [5, 5.41) is 13.5. The fourth-order valence-corrected chi connectivity index (χ4v) is 2.03. The first-order valence-corrected chi connectivity index (χ1v) is 6.19. The van der Waals surface area contributed by atoms with Crippen LogP contribution in [0.1, 0.15) is 10.4 Å². The number of nitrogens with one attached hydrogen (secondary N) is 1. The first-order chi connectivity index (χ1) is 8.79. The van der Waals surface area contributed by atoms with Crippen molar-refractivity contribution >= 4 is 29.0 Å². The van der Waals surface area contributed by atoms with Crippen LogP contribution in [0.4, 0.5) is 5.69 Å². The Kier molecular flexibility index (Phi) is 3.90. The number of para-hydroxylation sites is 1. The third-order valence-corrected chi connectivity index (χ3v) is 3.09. The van der Waals surface area contributed by atoms with Crippen molar-refractivity contribution < 1.29 is 4.79 Å². The Balaban J connectivity index is 2.06. The number of nitrogens with zero attached hydrogens (tertiary/aromatic N) is 1. The Hall–Kier alpha value is -2.38. The van der Waals surface area contributed by atoms with E-state index in [0.717, 1.165) is 4.88 Å². The van der Waals surface area contributed by atoms with Crippen LogP contribution in [-0.4, -0.2) is 5.91 Å². The molecule has 0 aliphatic rings. The quantitative estimate of drug-likeness (QED) is 0.855. The van der Waals surface area contributed by atoms with Gasteiger partial charge in [0.15, 0.2) is 0 Å². The monoisotopic (exact) mass is 254 g/mol. The maximum Gasteiger partial charge on any atom is 0.248 e. The summed E-state index contributed by atoms with van der Waals surface area (Å²) in [5.41, 5.74) is 0.983. The lowest BCUT2D eigenvalue weighted by Gasteiger charge is -2.03. The SMILES string of the molecule is N#Cc1ccccc1NC(=O)/C=C/c1cccs1. The summed E-state index contributed by atoms with van der Waals surface area (Å²) in [6.45, 7) is 0. The van der Waals surface area contributed by atoms with Crippen molar-refractivity contribution in [3.63, 3.8) is 0 Å². The molecular weight excluding hydrogens is 244 g/mol.